The molecular weight excluding hydrogens is 333 g/mol. The van der Waals surface area contributed by atoms with E-state index in [1.54, 1.807) is 10.9 Å². The van der Waals surface area contributed by atoms with E-state index in [1.807, 2.05) is 52.0 Å². The number of halogens is 1. The molecule has 0 aliphatic carbocycles. The lowest BCUT2D eigenvalue weighted by Crippen LogP contribution is -2.36. The first kappa shape index (κ1) is 18.6. The molecular formula is C20H26FN3O2. The molecule has 1 atom stereocenters. The number of carbonyl (C=O) groups excluding carboxylic acids is 1. The molecule has 0 bridgehead atoms. The molecule has 26 heavy (non-hydrogen) atoms. The van der Waals surface area contributed by atoms with Gasteiger partial charge < -0.3 is 10.0 Å². The smallest absolute Gasteiger partial charge is 0.257 e. The topological polar surface area (TPSA) is 58.4 Å². The van der Waals surface area contributed by atoms with Gasteiger partial charge in [-0.05, 0) is 19.1 Å². The number of hydrogen-bond donors (Lipinski definition) is 1. The van der Waals surface area contributed by atoms with Crippen molar-refractivity contribution in [1.82, 2.24) is 14.7 Å². The number of aryl methyl sites for hydroxylation is 1. The Bertz CT molecular complexity index is 807. The van der Waals surface area contributed by atoms with Gasteiger partial charge in [0.05, 0.1) is 30.1 Å². The second-order valence-electron chi connectivity index (χ2n) is 8.21. The minimum absolute atomic E-state index is 0.0817. The van der Waals surface area contributed by atoms with Crippen molar-refractivity contribution in [2.45, 2.75) is 45.2 Å². The zero-order valence-electron chi connectivity index (χ0n) is 15.8. The predicted octanol–water partition coefficient (Wildman–Crippen LogP) is 3.02. The average Bonchev–Trinajstić information content (AvgIpc) is 3.20. The van der Waals surface area contributed by atoms with Gasteiger partial charge in [-0.15, -0.1) is 0 Å². The zero-order valence-corrected chi connectivity index (χ0v) is 15.8. The van der Waals surface area contributed by atoms with Crippen molar-refractivity contribution in [3.05, 3.63) is 47.3 Å². The maximum absolute atomic E-state index is 14.3. The van der Waals surface area contributed by atoms with E-state index in [9.17, 15) is 14.3 Å². The summed E-state index contributed by atoms with van der Waals surface area (Å²) in [6.45, 7) is 7.68. The maximum Gasteiger partial charge on any atom is 0.257 e. The van der Waals surface area contributed by atoms with Crippen LogP contribution >= 0.6 is 0 Å². The molecule has 3 rings (SSSR count). The van der Waals surface area contributed by atoms with Gasteiger partial charge in [0, 0.05) is 24.6 Å². The van der Waals surface area contributed by atoms with E-state index < -0.39 is 12.3 Å². The van der Waals surface area contributed by atoms with E-state index in [0.29, 0.717) is 17.8 Å². The maximum atomic E-state index is 14.3. The van der Waals surface area contributed by atoms with Gasteiger partial charge in [0.2, 0.25) is 0 Å². The third-order valence-electron chi connectivity index (χ3n) is 4.83. The summed E-state index contributed by atoms with van der Waals surface area (Å²) >= 11 is 0. The fourth-order valence-electron chi connectivity index (χ4n) is 3.22. The average molecular weight is 359 g/mol. The number of likely N-dealkylation sites (tertiary alicyclic amines) is 1. The molecule has 0 radical (unpaired) electrons. The Morgan fingerprint density at radius 3 is 2.50 bits per heavy atom. The van der Waals surface area contributed by atoms with E-state index in [1.165, 1.54) is 4.90 Å². The lowest BCUT2D eigenvalue weighted by molar-refractivity contribution is 0.0629. The van der Waals surface area contributed by atoms with Crippen LogP contribution in [0.5, 0.6) is 0 Å². The molecule has 6 heteroatoms. The van der Waals surface area contributed by atoms with Crippen LogP contribution in [0.3, 0.4) is 0 Å². The standard InChI is InChI=1S/C20H26FN3O2/c1-14-5-7-15(8-6-14)24-11-16(17(22-24)19(2,3)4)18(26)23-10-9-20(21,12-23)13-25/h5-8,11,25H,9-10,12-13H2,1-4H3. The molecule has 1 aliphatic rings. The molecule has 140 valence electrons. The number of amides is 1. The van der Waals surface area contributed by atoms with Gasteiger partial charge >= 0.3 is 0 Å². The number of aromatic nitrogens is 2. The van der Waals surface area contributed by atoms with Crippen molar-refractivity contribution >= 4 is 5.91 Å². The monoisotopic (exact) mass is 359 g/mol. The summed E-state index contributed by atoms with van der Waals surface area (Å²) in [5.41, 5.74) is 1.16. The highest BCUT2D eigenvalue weighted by atomic mass is 19.1. The van der Waals surface area contributed by atoms with Crippen LogP contribution in [0.25, 0.3) is 5.69 Å². The van der Waals surface area contributed by atoms with Crippen LogP contribution in [0.4, 0.5) is 4.39 Å². The summed E-state index contributed by atoms with van der Waals surface area (Å²) in [4.78, 5) is 14.5. The fraction of sp³-hybridized carbons (Fsp3) is 0.500. The number of nitrogens with zero attached hydrogens (tertiary/aromatic N) is 3. The van der Waals surface area contributed by atoms with Crippen LogP contribution in [0, 0.1) is 6.92 Å². The molecule has 2 heterocycles. The quantitative estimate of drug-likeness (QED) is 0.916. The van der Waals surface area contributed by atoms with E-state index >= 15 is 0 Å². The molecule has 5 nitrogen and oxygen atoms in total. The SMILES string of the molecule is Cc1ccc(-n2cc(C(=O)N3CCC(F)(CO)C3)c(C(C)(C)C)n2)cc1. The van der Waals surface area contributed by atoms with Crippen molar-refractivity contribution < 1.29 is 14.3 Å². The van der Waals surface area contributed by atoms with E-state index in [0.717, 1.165) is 11.3 Å². The molecule has 0 saturated carbocycles. The van der Waals surface area contributed by atoms with Crippen LogP contribution in [0.1, 0.15) is 48.8 Å². The molecule has 1 aromatic carbocycles. The summed E-state index contributed by atoms with van der Waals surface area (Å²) in [6, 6.07) is 7.90. The summed E-state index contributed by atoms with van der Waals surface area (Å²) < 4.78 is 16.1. The molecule has 2 aromatic rings. The third-order valence-corrected chi connectivity index (χ3v) is 4.83. The molecule has 1 aromatic heterocycles. The lowest BCUT2D eigenvalue weighted by atomic mass is 9.89. The predicted molar refractivity (Wildman–Crippen MR) is 98.4 cm³/mol. The lowest BCUT2D eigenvalue weighted by Gasteiger charge is -2.21. The number of benzene rings is 1. The minimum atomic E-state index is -1.70. The number of hydrogen-bond acceptors (Lipinski definition) is 3. The van der Waals surface area contributed by atoms with Gasteiger partial charge in [-0.3, -0.25) is 4.79 Å². The van der Waals surface area contributed by atoms with Gasteiger partial charge in [0.1, 0.15) is 0 Å². The molecule has 0 spiro atoms. The van der Waals surface area contributed by atoms with Gasteiger partial charge in [0.25, 0.3) is 5.91 Å². The normalized spacial score (nSPS) is 20.6. The highest BCUT2D eigenvalue weighted by Gasteiger charge is 2.41. The Hall–Kier alpha value is -2.21. The number of alkyl halides is 1. The van der Waals surface area contributed by atoms with Crippen molar-refractivity contribution in [1.29, 1.82) is 0 Å². The summed E-state index contributed by atoms with van der Waals surface area (Å²) in [6.07, 6.45) is 1.89. The van der Waals surface area contributed by atoms with E-state index in [-0.39, 0.29) is 24.3 Å². The minimum Gasteiger partial charge on any atom is -0.393 e. The first-order valence-electron chi connectivity index (χ1n) is 8.89. The van der Waals surface area contributed by atoms with Crippen molar-refractivity contribution in [2.24, 2.45) is 0 Å². The molecule has 1 N–H and O–H groups in total. The first-order valence-corrected chi connectivity index (χ1v) is 8.89. The molecule has 1 fully saturated rings. The van der Waals surface area contributed by atoms with Crippen LogP contribution in [0.2, 0.25) is 0 Å². The van der Waals surface area contributed by atoms with Gasteiger partial charge in [-0.25, -0.2) is 9.07 Å². The number of aliphatic hydroxyl groups excluding tert-OH is 1. The highest BCUT2D eigenvalue weighted by molar-refractivity contribution is 5.95. The van der Waals surface area contributed by atoms with Gasteiger partial charge in [0.15, 0.2) is 5.67 Å². The highest BCUT2D eigenvalue weighted by Crippen LogP contribution is 2.30. The molecule has 1 saturated heterocycles. The largest absolute Gasteiger partial charge is 0.393 e. The fourth-order valence-corrected chi connectivity index (χ4v) is 3.22. The van der Waals surface area contributed by atoms with Crippen LogP contribution in [-0.4, -0.2) is 51.1 Å². The van der Waals surface area contributed by atoms with Gasteiger partial charge in [-0.1, -0.05) is 38.5 Å². The molecule has 1 amide bonds. The molecule has 1 aliphatic heterocycles. The first-order chi connectivity index (χ1) is 12.1. The molecule has 1 unspecified atom stereocenters. The summed E-state index contributed by atoms with van der Waals surface area (Å²) in [5, 5.41) is 13.9. The Labute approximate surface area is 153 Å². The van der Waals surface area contributed by atoms with Crippen LogP contribution in [-0.2, 0) is 5.41 Å². The summed E-state index contributed by atoms with van der Waals surface area (Å²) in [7, 11) is 0. The number of aliphatic hydroxyl groups is 1. The second kappa shape index (κ2) is 6.50. The van der Waals surface area contributed by atoms with Gasteiger partial charge in [-0.2, -0.15) is 5.10 Å². The van der Waals surface area contributed by atoms with Crippen molar-refractivity contribution in [2.75, 3.05) is 19.7 Å². The van der Waals surface area contributed by atoms with E-state index in [4.69, 9.17) is 0 Å². The Kier molecular flexibility index (Phi) is 4.65. The van der Waals surface area contributed by atoms with Crippen molar-refractivity contribution in [3.63, 3.8) is 0 Å². The third kappa shape index (κ3) is 3.51. The Morgan fingerprint density at radius 2 is 1.96 bits per heavy atom. The van der Waals surface area contributed by atoms with Crippen LogP contribution in [0.15, 0.2) is 30.5 Å². The number of carbonyl (C=O) groups is 1. The second-order valence-corrected chi connectivity index (χ2v) is 8.21. The summed E-state index contributed by atoms with van der Waals surface area (Å²) in [5.74, 6) is -0.235. The van der Waals surface area contributed by atoms with Crippen LogP contribution < -0.4 is 0 Å². The Balaban J connectivity index is 1.98. The van der Waals surface area contributed by atoms with Crippen molar-refractivity contribution in [3.8, 4) is 5.69 Å². The Morgan fingerprint density at radius 1 is 1.31 bits per heavy atom. The zero-order chi connectivity index (χ0) is 19.1. The van der Waals surface area contributed by atoms with E-state index in [2.05, 4.69) is 5.10 Å². The number of rotatable bonds is 3.